The van der Waals surface area contributed by atoms with Gasteiger partial charge in [0, 0.05) is 13.0 Å². The molecule has 10 N–H and O–H groups in total. The van der Waals surface area contributed by atoms with Crippen molar-refractivity contribution >= 4 is 35.5 Å². The highest BCUT2D eigenvalue weighted by atomic mass is 16.4. The Labute approximate surface area is 177 Å². The lowest BCUT2D eigenvalue weighted by Crippen LogP contribution is -2.58. The third-order valence-corrected chi connectivity index (χ3v) is 4.69. The number of aliphatic carboxylic acids is 1. The predicted molar refractivity (Wildman–Crippen MR) is 104 cm³/mol. The van der Waals surface area contributed by atoms with Crippen LogP contribution in [0.1, 0.15) is 32.1 Å². The van der Waals surface area contributed by atoms with E-state index in [4.69, 9.17) is 17.2 Å². The summed E-state index contributed by atoms with van der Waals surface area (Å²) >= 11 is 0. The van der Waals surface area contributed by atoms with Gasteiger partial charge in [0.1, 0.15) is 18.1 Å². The summed E-state index contributed by atoms with van der Waals surface area (Å²) in [4.78, 5) is 71.8. The van der Waals surface area contributed by atoms with E-state index in [2.05, 4.69) is 10.6 Å². The predicted octanol–water partition coefficient (Wildman–Crippen LogP) is -4.51. The number of nitrogens with one attached hydrogen (secondary N) is 2. The minimum atomic E-state index is -1.52. The lowest BCUT2D eigenvalue weighted by molar-refractivity contribution is -0.149. The molecular weight excluding hydrogens is 416 g/mol. The molecule has 14 nitrogen and oxygen atoms in total. The van der Waals surface area contributed by atoms with Gasteiger partial charge in [-0.25, -0.2) is 4.79 Å². The molecule has 174 valence electrons. The van der Waals surface area contributed by atoms with E-state index in [9.17, 15) is 39.0 Å². The quantitative estimate of drug-likeness (QED) is 0.153. The Morgan fingerprint density at radius 1 is 1.00 bits per heavy atom. The molecular formula is C17H28N6O8. The van der Waals surface area contributed by atoms with Crippen molar-refractivity contribution in [3.8, 4) is 0 Å². The van der Waals surface area contributed by atoms with E-state index in [0.29, 0.717) is 6.42 Å². The number of carbonyl (C=O) groups is 6. The van der Waals surface area contributed by atoms with Crippen LogP contribution in [-0.4, -0.2) is 87.9 Å². The molecule has 1 aliphatic heterocycles. The average Bonchev–Trinajstić information content (AvgIpc) is 3.18. The van der Waals surface area contributed by atoms with Crippen LogP contribution < -0.4 is 27.8 Å². The average molecular weight is 444 g/mol. The molecule has 0 saturated carbocycles. The number of nitrogens with zero attached hydrogens (tertiary/aromatic N) is 1. The topological polar surface area (TPSA) is 248 Å². The van der Waals surface area contributed by atoms with Gasteiger partial charge in [-0.3, -0.25) is 24.0 Å². The van der Waals surface area contributed by atoms with Crippen molar-refractivity contribution in [3.05, 3.63) is 0 Å². The maximum atomic E-state index is 12.7. The lowest BCUT2D eigenvalue weighted by atomic mass is 10.1. The number of aliphatic hydroxyl groups excluding tert-OH is 1. The lowest BCUT2D eigenvalue weighted by Gasteiger charge is -2.28. The van der Waals surface area contributed by atoms with Gasteiger partial charge >= 0.3 is 5.97 Å². The molecule has 1 aliphatic rings. The fourth-order valence-electron chi connectivity index (χ4n) is 3.06. The largest absolute Gasteiger partial charge is 0.480 e. The van der Waals surface area contributed by atoms with Crippen molar-refractivity contribution < 1.29 is 39.0 Å². The summed E-state index contributed by atoms with van der Waals surface area (Å²) in [5.74, 6) is -5.50. The first-order chi connectivity index (χ1) is 14.5. The number of aliphatic hydroxyl groups is 1. The molecule has 1 rings (SSSR count). The van der Waals surface area contributed by atoms with Gasteiger partial charge in [0.15, 0.2) is 0 Å². The number of nitrogens with two attached hydrogens (primary N) is 3. The monoisotopic (exact) mass is 444 g/mol. The molecule has 1 heterocycles. The number of carboxylic acid groups (broad SMARTS) is 1. The number of rotatable bonds is 12. The molecule has 5 amide bonds. The summed E-state index contributed by atoms with van der Waals surface area (Å²) in [5.41, 5.74) is 15.7. The zero-order valence-electron chi connectivity index (χ0n) is 16.8. The van der Waals surface area contributed by atoms with Crippen molar-refractivity contribution in [2.24, 2.45) is 17.2 Å². The van der Waals surface area contributed by atoms with Crippen molar-refractivity contribution in [2.75, 3.05) is 13.2 Å². The number of hydrogen-bond acceptors (Lipinski definition) is 8. The molecule has 1 fully saturated rings. The van der Waals surface area contributed by atoms with Crippen LogP contribution in [0.25, 0.3) is 0 Å². The van der Waals surface area contributed by atoms with E-state index >= 15 is 0 Å². The van der Waals surface area contributed by atoms with Crippen molar-refractivity contribution in [2.45, 2.75) is 56.3 Å². The minimum absolute atomic E-state index is 0.0880. The Hall–Kier alpha value is -3.26. The summed E-state index contributed by atoms with van der Waals surface area (Å²) in [5, 5.41) is 23.1. The summed E-state index contributed by atoms with van der Waals surface area (Å²) < 4.78 is 0. The number of hydrogen-bond donors (Lipinski definition) is 7. The molecule has 14 heteroatoms. The zero-order chi connectivity index (χ0) is 23.7. The van der Waals surface area contributed by atoms with Crippen molar-refractivity contribution in [1.29, 1.82) is 0 Å². The van der Waals surface area contributed by atoms with Crippen LogP contribution in [0.15, 0.2) is 0 Å². The smallest absolute Gasteiger partial charge is 0.326 e. The molecule has 0 bridgehead atoms. The highest BCUT2D eigenvalue weighted by Crippen LogP contribution is 2.19. The van der Waals surface area contributed by atoms with Crippen LogP contribution in [0.3, 0.4) is 0 Å². The van der Waals surface area contributed by atoms with E-state index in [-0.39, 0.29) is 25.8 Å². The van der Waals surface area contributed by atoms with Gasteiger partial charge in [0.25, 0.3) is 0 Å². The summed E-state index contributed by atoms with van der Waals surface area (Å²) in [6.07, 6.45) is -0.220. The summed E-state index contributed by atoms with van der Waals surface area (Å²) in [6, 6.07) is -5.29. The standard InChI is InChI=1S/C17H28N6O8/c18-8(3-4-12(19)25)14(27)22-10(7-24)15(28)21-9(6-13(20)26)16(29)23-5-1-2-11(23)17(30)31/h8-11,24H,1-7,18H2,(H2,19,25)(H2,20,26)(H,21,28)(H,22,27)(H,30,31). The van der Waals surface area contributed by atoms with E-state index in [1.54, 1.807) is 0 Å². The Bertz CT molecular complexity index is 729. The highest BCUT2D eigenvalue weighted by Gasteiger charge is 2.38. The summed E-state index contributed by atoms with van der Waals surface area (Å²) in [6.45, 7) is -0.741. The van der Waals surface area contributed by atoms with Crippen LogP contribution >= 0.6 is 0 Å². The summed E-state index contributed by atoms with van der Waals surface area (Å²) in [7, 11) is 0. The second-order valence-corrected chi connectivity index (χ2v) is 7.11. The van der Waals surface area contributed by atoms with E-state index in [1.165, 1.54) is 0 Å². The fraction of sp³-hybridized carbons (Fsp3) is 0.647. The molecule has 0 aromatic rings. The molecule has 0 aromatic heterocycles. The normalized spacial score (nSPS) is 18.5. The van der Waals surface area contributed by atoms with Gasteiger partial charge in [-0.05, 0) is 19.3 Å². The Balaban J connectivity index is 2.85. The van der Waals surface area contributed by atoms with Crippen LogP contribution in [0, 0.1) is 0 Å². The fourth-order valence-corrected chi connectivity index (χ4v) is 3.06. The Kier molecular flexibility index (Phi) is 9.82. The number of likely N-dealkylation sites (tertiary alicyclic amines) is 1. The number of amides is 5. The molecule has 0 spiro atoms. The molecule has 4 atom stereocenters. The van der Waals surface area contributed by atoms with Crippen molar-refractivity contribution in [3.63, 3.8) is 0 Å². The van der Waals surface area contributed by atoms with Crippen LogP contribution in [-0.2, 0) is 28.8 Å². The Morgan fingerprint density at radius 3 is 2.13 bits per heavy atom. The molecule has 4 unspecified atom stereocenters. The van der Waals surface area contributed by atoms with Gasteiger partial charge in [-0.1, -0.05) is 0 Å². The third-order valence-electron chi connectivity index (χ3n) is 4.69. The second kappa shape index (κ2) is 11.8. The van der Waals surface area contributed by atoms with Gasteiger partial charge < -0.3 is 42.9 Å². The number of primary amides is 2. The minimum Gasteiger partial charge on any atom is -0.480 e. The maximum absolute atomic E-state index is 12.7. The van der Waals surface area contributed by atoms with E-state index in [1.807, 2.05) is 0 Å². The van der Waals surface area contributed by atoms with Crippen LogP contribution in [0.4, 0.5) is 0 Å². The third kappa shape index (κ3) is 7.82. The molecule has 1 saturated heterocycles. The second-order valence-electron chi connectivity index (χ2n) is 7.11. The molecule has 0 aliphatic carbocycles. The zero-order valence-corrected chi connectivity index (χ0v) is 16.8. The van der Waals surface area contributed by atoms with E-state index in [0.717, 1.165) is 4.90 Å². The first-order valence-corrected chi connectivity index (χ1v) is 9.55. The first kappa shape index (κ1) is 25.8. The molecule has 0 radical (unpaired) electrons. The highest BCUT2D eigenvalue weighted by molar-refractivity contribution is 5.96. The van der Waals surface area contributed by atoms with Gasteiger partial charge in [-0.15, -0.1) is 0 Å². The van der Waals surface area contributed by atoms with Crippen LogP contribution in [0.2, 0.25) is 0 Å². The molecule has 31 heavy (non-hydrogen) atoms. The first-order valence-electron chi connectivity index (χ1n) is 9.55. The number of carboxylic acids is 1. The molecule has 0 aromatic carbocycles. The van der Waals surface area contributed by atoms with Crippen molar-refractivity contribution in [1.82, 2.24) is 15.5 Å². The number of carbonyl (C=O) groups excluding carboxylic acids is 5. The van der Waals surface area contributed by atoms with Gasteiger partial charge in [0.2, 0.25) is 29.5 Å². The maximum Gasteiger partial charge on any atom is 0.326 e. The van der Waals surface area contributed by atoms with Gasteiger partial charge in [0.05, 0.1) is 19.1 Å². The van der Waals surface area contributed by atoms with Crippen LogP contribution in [0.5, 0.6) is 0 Å². The Morgan fingerprint density at radius 2 is 1.61 bits per heavy atom. The van der Waals surface area contributed by atoms with E-state index < -0.39 is 72.7 Å². The van der Waals surface area contributed by atoms with Gasteiger partial charge in [-0.2, -0.15) is 0 Å². The SMILES string of the molecule is NC(=O)CCC(N)C(=O)NC(CO)C(=O)NC(CC(N)=O)C(=O)N1CCCC1C(=O)O.